The van der Waals surface area contributed by atoms with Crippen molar-refractivity contribution in [3.8, 4) is 0 Å². The van der Waals surface area contributed by atoms with Crippen LogP contribution in [0, 0.1) is 16.0 Å². The SMILES string of the molecule is CCN(CCCCc1ccc([N+](=O)[O-])cc1)CCC(C)C. The molecule has 4 heteroatoms. The molecule has 1 aromatic rings. The molecular weight excluding hydrogens is 264 g/mol. The number of nitro groups is 1. The minimum absolute atomic E-state index is 0.171. The van der Waals surface area contributed by atoms with Crippen LogP contribution < -0.4 is 0 Å². The van der Waals surface area contributed by atoms with E-state index < -0.39 is 0 Å². The van der Waals surface area contributed by atoms with Crippen LogP contribution in [0.25, 0.3) is 0 Å². The van der Waals surface area contributed by atoms with Gasteiger partial charge in [0.15, 0.2) is 0 Å². The zero-order chi connectivity index (χ0) is 15.7. The molecule has 0 amide bonds. The Kier molecular flexibility index (Phi) is 7.98. The molecule has 1 rings (SSSR count). The first-order valence-corrected chi connectivity index (χ1v) is 7.98. The molecule has 0 radical (unpaired) electrons. The fourth-order valence-electron chi connectivity index (χ4n) is 2.32. The minimum Gasteiger partial charge on any atom is -0.304 e. The minimum atomic E-state index is -0.350. The second kappa shape index (κ2) is 9.50. The maximum atomic E-state index is 10.6. The zero-order valence-corrected chi connectivity index (χ0v) is 13.5. The summed E-state index contributed by atoms with van der Waals surface area (Å²) >= 11 is 0. The van der Waals surface area contributed by atoms with Gasteiger partial charge in [0.25, 0.3) is 5.69 Å². The molecule has 0 unspecified atom stereocenters. The van der Waals surface area contributed by atoms with Crippen LogP contribution in [0.1, 0.15) is 45.6 Å². The van der Waals surface area contributed by atoms with Crippen molar-refractivity contribution < 1.29 is 4.92 Å². The van der Waals surface area contributed by atoms with Crippen molar-refractivity contribution in [2.24, 2.45) is 5.92 Å². The van der Waals surface area contributed by atoms with Crippen LogP contribution in [-0.4, -0.2) is 29.5 Å². The van der Waals surface area contributed by atoms with Gasteiger partial charge in [-0.05, 0) is 56.8 Å². The summed E-state index contributed by atoms with van der Waals surface area (Å²) in [6.45, 7) is 10.2. The Hall–Kier alpha value is -1.42. The van der Waals surface area contributed by atoms with Crippen molar-refractivity contribution in [1.29, 1.82) is 0 Å². The van der Waals surface area contributed by atoms with Gasteiger partial charge in [-0.3, -0.25) is 10.1 Å². The largest absolute Gasteiger partial charge is 0.304 e. The van der Waals surface area contributed by atoms with E-state index in [0.29, 0.717) is 0 Å². The molecule has 0 heterocycles. The van der Waals surface area contributed by atoms with E-state index in [-0.39, 0.29) is 10.6 Å². The summed E-state index contributed by atoms with van der Waals surface area (Å²) in [7, 11) is 0. The molecule has 0 aliphatic carbocycles. The number of unbranched alkanes of at least 4 members (excludes halogenated alkanes) is 1. The van der Waals surface area contributed by atoms with Gasteiger partial charge in [0, 0.05) is 12.1 Å². The first kappa shape index (κ1) is 17.6. The van der Waals surface area contributed by atoms with E-state index in [0.717, 1.165) is 31.8 Å². The number of rotatable bonds is 10. The molecule has 4 nitrogen and oxygen atoms in total. The van der Waals surface area contributed by atoms with E-state index in [4.69, 9.17) is 0 Å². The molecule has 0 atom stereocenters. The number of aryl methyl sites for hydroxylation is 1. The Morgan fingerprint density at radius 3 is 2.33 bits per heavy atom. The molecule has 0 N–H and O–H groups in total. The molecule has 1 aromatic carbocycles. The average Bonchev–Trinajstić information content (AvgIpc) is 2.46. The van der Waals surface area contributed by atoms with Crippen LogP contribution in [0.2, 0.25) is 0 Å². The Morgan fingerprint density at radius 1 is 1.14 bits per heavy atom. The maximum Gasteiger partial charge on any atom is 0.269 e. The van der Waals surface area contributed by atoms with Gasteiger partial charge in [0.2, 0.25) is 0 Å². The molecular formula is C17H28N2O2. The summed E-state index contributed by atoms with van der Waals surface area (Å²) < 4.78 is 0. The lowest BCUT2D eigenvalue weighted by molar-refractivity contribution is -0.384. The van der Waals surface area contributed by atoms with E-state index in [9.17, 15) is 10.1 Å². The van der Waals surface area contributed by atoms with Crippen LogP contribution in [0.3, 0.4) is 0 Å². The fourth-order valence-corrected chi connectivity index (χ4v) is 2.32. The van der Waals surface area contributed by atoms with Gasteiger partial charge in [0.1, 0.15) is 0 Å². The predicted molar refractivity (Wildman–Crippen MR) is 87.6 cm³/mol. The van der Waals surface area contributed by atoms with Crippen LogP contribution in [-0.2, 0) is 6.42 Å². The van der Waals surface area contributed by atoms with Crippen molar-refractivity contribution in [3.05, 3.63) is 39.9 Å². The van der Waals surface area contributed by atoms with Gasteiger partial charge in [-0.2, -0.15) is 0 Å². The van der Waals surface area contributed by atoms with Crippen LogP contribution >= 0.6 is 0 Å². The summed E-state index contributed by atoms with van der Waals surface area (Å²) in [5.74, 6) is 0.763. The Labute approximate surface area is 128 Å². The molecule has 0 spiro atoms. The van der Waals surface area contributed by atoms with Gasteiger partial charge in [-0.15, -0.1) is 0 Å². The summed E-state index contributed by atoms with van der Waals surface area (Å²) in [6.07, 6.45) is 4.58. The normalized spacial score (nSPS) is 11.3. The highest BCUT2D eigenvalue weighted by Crippen LogP contribution is 2.14. The van der Waals surface area contributed by atoms with Crippen molar-refractivity contribution in [1.82, 2.24) is 4.90 Å². The van der Waals surface area contributed by atoms with Crippen LogP contribution in [0.4, 0.5) is 5.69 Å². The number of hydrogen-bond acceptors (Lipinski definition) is 3. The van der Waals surface area contributed by atoms with Gasteiger partial charge >= 0.3 is 0 Å². The Balaban J connectivity index is 2.24. The molecule has 0 saturated carbocycles. The lowest BCUT2D eigenvalue weighted by Crippen LogP contribution is -2.26. The summed E-state index contributed by atoms with van der Waals surface area (Å²) in [5.41, 5.74) is 1.36. The third-order valence-electron chi connectivity index (χ3n) is 3.81. The number of nitrogens with zero attached hydrogens (tertiary/aromatic N) is 2. The predicted octanol–water partition coefficient (Wildman–Crippen LogP) is 4.29. The number of hydrogen-bond donors (Lipinski definition) is 0. The topological polar surface area (TPSA) is 46.4 Å². The third-order valence-corrected chi connectivity index (χ3v) is 3.81. The molecule has 0 aliphatic heterocycles. The maximum absolute atomic E-state index is 10.6. The first-order chi connectivity index (χ1) is 10.0. The van der Waals surface area contributed by atoms with Crippen molar-refractivity contribution in [3.63, 3.8) is 0 Å². The average molecular weight is 292 g/mol. The molecule has 118 valence electrons. The highest BCUT2D eigenvalue weighted by atomic mass is 16.6. The number of non-ortho nitro benzene ring substituents is 1. The number of nitro benzene ring substituents is 1. The van der Waals surface area contributed by atoms with E-state index in [1.165, 1.54) is 24.9 Å². The van der Waals surface area contributed by atoms with E-state index in [1.807, 2.05) is 12.1 Å². The van der Waals surface area contributed by atoms with E-state index in [1.54, 1.807) is 12.1 Å². The quantitative estimate of drug-likeness (QED) is 0.367. The molecule has 0 fully saturated rings. The Bertz CT molecular complexity index is 415. The van der Waals surface area contributed by atoms with Gasteiger partial charge < -0.3 is 4.90 Å². The third kappa shape index (κ3) is 7.23. The molecule has 0 aliphatic rings. The second-order valence-corrected chi connectivity index (χ2v) is 6.00. The highest BCUT2D eigenvalue weighted by molar-refractivity contribution is 5.32. The monoisotopic (exact) mass is 292 g/mol. The van der Waals surface area contributed by atoms with Crippen molar-refractivity contribution in [2.75, 3.05) is 19.6 Å². The fraction of sp³-hybridized carbons (Fsp3) is 0.647. The zero-order valence-electron chi connectivity index (χ0n) is 13.5. The highest BCUT2D eigenvalue weighted by Gasteiger charge is 2.05. The Morgan fingerprint density at radius 2 is 1.81 bits per heavy atom. The lowest BCUT2D eigenvalue weighted by atomic mass is 10.1. The summed E-state index contributed by atoms with van der Waals surface area (Å²) in [5, 5.41) is 10.6. The van der Waals surface area contributed by atoms with Crippen LogP contribution in [0.5, 0.6) is 0 Å². The molecule has 0 aromatic heterocycles. The second-order valence-electron chi connectivity index (χ2n) is 6.00. The lowest BCUT2D eigenvalue weighted by Gasteiger charge is -2.21. The molecule has 0 bridgehead atoms. The number of benzene rings is 1. The van der Waals surface area contributed by atoms with Gasteiger partial charge in [-0.1, -0.05) is 32.9 Å². The first-order valence-electron chi connectivity index (χ1n) is 7.98. The van der Waals surface area contributed by atoms with Crippen molar-refractivity contribution in [2.45, 2.75) is 46.5 Å². The molecule has 21 heavy (non-hydrogen) atoms. The van der Waals surface area contributed by atoms with Crippen molar-refractivity contribution >= 4 is 5.69 Å². The smallest absolute Gasteiger partial charge is 0.269 e. The summed E-state index contributed by atoms with van der Waals surface area (Å²) in [6, 6.07) is 6.93. The van der Waals surface area contributed by atoms with E-state index >= 15 is 0 Å². The van der Waals surface area contributed by atoms with E-state index in [2.05, 4.69) is 25.7 Å². The van der Waals surface area contributed by atoms with Gasteiger partial charge in [-0.25, -0.2) is 0 Å². The molecule has 0 saturated heterocycles. The standard InChI is InChI=1S/C17H28N2O2/c1-4-18(14-12-15(2)3)13-6-5-7-16-8-10-17(11-9-16)19(20)21/h8-11,15H,4-7,12-14H2,1-3H3. The summed E-state index contributed by atoms with van der Waals surface area (Å²) in [4.78, 5) is 12.8. The van der Waals surface area contributed by atoms with Crippen LogP contribution in [0.15, 0.2) is 24.3 Å². The van der Waals surface area contributed by atoms with Gasteiger partial charge in [0.05, 0.1) is 4.92 Å².